The molecule has 0 unspecified atom stereocenters. The van der Waals surface area contributed by atoms with E-state index in [0.29, 0.717) is 21.2 Å². The van der Waals surface area contributed by atoms with Crippen molar-refractivity contribution in [2.24, 2.45) is 0 Å². The predicted molar refractivity (Wildman–Crippen MR) is 79.3 cm³/mol. The third-order valence-corrected chi connectivity index (χ3v) is 3.70. The van der Waals surface area contributed by atoms with E-state index in [4.69, 9.17) is 11.6 Å². The van der Waals surface area contributed by atoms with Gasteiger partial charge in [0.05, 0.1) is 0 Å². The minimum absolute atomic E-state index is 0.0783. The highest BCUT2D eigenvalue weighted by Crippen LogP contribution is 2.23. The summed E-state index contributed by atoms with van der Waals surface area (Å²) >= 11 is 5.95. The van der Waals surface area contributed by atoms with Crippen LogP contribution in [0.1, 0.15) is 12.5 Å². The number of anilines is 1. The third-order valence-electron chi connectivity index (χ3n) is 3.29. The maximum Gasteiger partial charge on any atom is 0.334 e. The minimum atomic E-state index is -0.996. The van der Waals surface area contributed by atoms with Gasteiger partial charge in [-0.3, -0.25) is 19.3 Å². The summed E-state index contributed by atoms with van der Waals surface area (Å²) in [5.74, 6) is -2.50. The molecule has 7 nitrogen and oxygen atoms in total. The topological polar surface area (TPSA) is 86.8 Å². The third kappa shape index (κ3) is 2.80. The van der Waals surface area contributed by atoms with Gasteiger partial charge in [0.2, 0.25) is 5.91 Å². The lowest BCUT2D eigenvalue weighted by Gasteiger charge is -2.15. The van der Waals surface area contributed by atoms with Crippen LogP contribution in [0.3, 0.4) is 0 Å². The van der Waals surface area contributed by atoms with Crippen LogP contribution < -0.4 is 5.32 Å². The largest absolute Gasteiger partial charge is 0.334 e. The second kappa shape index (κ2) is 6.15. The summed E-state index contributed by atoms with van der Waals surface area (Å²) in [7, 11) is 0. The van der Waals surface area contributed by atoms with Crippen LogP contribution in [-0.4, -0.2) is 46.6 Å². The Morgan fingerprint density at radius 3 is 2.41 bits per heavy atom. The lowest BCUT2D eigenvalue weighted by atomic mass is 10.2. The van der Waals surface area contributed by atoms with E-state index in [1.807, 2.05) is 0 Å². The normalized spacial score (nSPS) is 14.8. The van der Waals surface area contributed by atoms with Gasteiger partial charge in [-0.25, -0.2) is 9.69 Å². The molecule has 0 radical (unpaired) electrons. The molecule has 1 N–H and O–H groups in total. The van der Waals surface area contributed by atoms with Gasteiger partial charge in [0.15, 0.2) is 0 Å². The number of benzene rings is 1. The van der Waals surface area contributed by atoms with Gasteiger partial charge in [-0.2, -0.15) is 0 Å². The first-order valence-corrected chi connectivity index (χ1v) is 6.97. The van der Waals surface area contributed by atoms with Crippen molar-refractivity contribution in [3.8, 4) is 0 Å². The van der Waals surface area contributed by atoms with Crippen molar-refractivity contribution in [2.45, 2.75) is 13.8 Å². The van der Waals surface area contributed by atoms with Gasteiger partial charge in [0.25, 0.3) is 0 Å². The second-order valence-electron chi connectivity index (χ2n) is 4.68. The Morgan fingerprint density at radius 2 is 1.82 bits per heavy atom. The Bertz CT molecular complexity index is 674. The fourth-order valence-corrected chi connectivity index (χ4v) is 2.22. The zero-order chi connectivity index (χ0) is 16.4. The number of hydrogen-bond acceptors (Lipinski definition) is 4. The molecule has 2 rings (SSSR count). The fraction of sp³-hybridized carbons (Fsp3) is 0.286. The van der Waals surface area contributed by atoms with E-state index >= 15 is 0 Å². The molecule has 0 atom stereocenters. The SMILES string of the molecule is CCN1C(=O)C(=O)N(CC(=O)Nc2cccc(Cl)c2C)C1=O. The highest BCUT2D eigenvalue weighted by Gasteiger charge is 2.44. The van der Waals surface area contributed by atoms with Gasteiger partial charge < -0.3 is 5.32 Å². The number of nitrogens with zero attached hydrogens (tertiary/aromatic N) is 2. The molecule has 0 spiro atoms. The summed E-state index contributed by atoms with van der Waals surface area (Å²) in [6, 6.07) is 4.21. The first-order valence-electron chi connectivity index (χ1n) is 6.59. The lowest BCUT2D eigenvalue weighted by molar-refractivity contribution is -0.143. The monoisotopic (exact) mass is 323 g/mol. The molecule has 0 aromatic heterocycles. The molecule has 1 aromatic rings. The molecular formula is C14H14ClN3O4. The zero-order valence-electron chi connectivity index (χ0n) is 12.1. The fourth-order valence-electron chi connectivity index (χ4n) is 2.04. The number of carbonyl (C=O) groups is 4. The summed E-state index contributed by atoms with van der Waals surface area (Å²) in [5.41, 5.74) is 1.15. The number of imide groups is 2. The highest BCUT2D eigenvalue weighted by molar-refractivity contribution is 6.45. The lowest BCUT2D eigenvalue weighted by Crippen LogP contribution is -2.39. The summed E-state index contributed by atoms with van der Waals surface area (Å²) in [6.07, 6.45) is 0. The molecule has 1 fully saturated rings. The molecule has 0 saturated carbocycles. The molecule has 8 heteroatoms. The molecule has 1 aromatic carbocycles. The summed E-state index contributed by atoms with van der Waals surface area (Å²) < 4.78 is 0. The number of amides is 5. The van der Waals surface area contributed by atoms with Gasteiger partial charge in [-0.15, -0.1) is 0 Å². The van der Waals surface area contributed by atoms with E-state index < -0.39 is 30.3 Å². The van der Waals surface area contributed by atoms with Crippen LogP contribution in [0.25, 0.3) is 0 Å². The number of hydrogen-bond donors (Lipinski definition) is 1. The molecule has 1 aliphatic rings. The maximum atomic E-state index is 12.0. The van der Waals surface area contributed by atoms with Crippen LogP contribution in [-0.2, 0) is 14.4 Å². The quantitative estimate of drug-likeness (QED) is 0.670. The van der Waals surface area contributed by atoms with Crippen molar-refractivity contribution in [1.29, 1.82) is 0 Å². The molecule has 5 amide bonds. The predicted octanol–water partition coefficient (Wildman–Crippen LogP) is 1.40. The summed E-state index contributed by atoms with van der Waals surface area (Å²) in [5, 5.41) is 3.05. The van der Waals surface area contributed by atoms with Crippen LogP contribution in [0.4, 0.5) is 10.5 Å². The highest BCUT2D eigenvalue weighted by atomic mass is 35.5. The zero-order valence-corrected chi connectivity index (χ0v) is 12.8. The number of rotatable bonds is 4. The van der Waals surface area contributed by atoms with Crippen LogP contribution >= 0.6 is 11.6 Å². The van der Waals surface area contributed by atoms with Crippen molar-refractivity contribution < 1.29 is 19.2 Å². The Labute approximate surface area is 131 Å². The van der Waals surface area contributed by atoms with Crippen LogP contribution in [0.5, 0.6) is 0 Å². The van der Waals surface area contributed by atoms with Gasteiger partial charge in [-0.05, 0) is 31.5 Å². The maximum absolute atomic E-state index is 12.0. The summed E-state index contributed by atoms with van der Waals surface area (Å²) in [4.78, 5) is 48.6. The van der Waals surface area contributed by atoms with Crippen molar-refractivity contribution in [3.05, 3.63) is 28.8 Å². The molecular weight excluding hydrogens is 310 g/mol. The van der Waals surface area contributed by atoms with Crippen molar-refractivity contribution >= 4 is 41.0 Å². The molecule has 0 aliphatic carbocycles. The first-order chi connectivity index (χ1) is 10.4. The number of urea groups is 1. The first kappa shape index (κ1) is 16.0. The molecule has 1 saturated heterocycles. The Kier molecular flexibility index (Phi) is 4.46. The van der Waals surface area contributed by atoms with E-state index in [9.17, 15) is 19.2 Å². The number of nitrogens with one attached hydrogen (secondary N) is 1. The van der Waals surface area contributed by atoms with Crippen LogP contribution in [0.2, 0.25) is 5.02 Å². The molecule has 1 aliphatic heterocycles. The van der Waals surface area contributed by atoms with Crippen LogP contribution in [0, 0.1) is 6.92 Å². The average Bonchev–Trinajstić information content (AvgIpc) is 2.67. The minimum Gasteiger partial charge on any atom is -0.324 e. The smallest absolute Gasteiger partial charge is 0.324 e. The Hall–Kier alpha value is -2.41. The standard InChI is InChI=1S/C14H14ClN3O4/c1-3-17-12(20)13(21)18(14(17)22)7-11(19)16-10-6-4-5-9(15)8(10)2/h4-6H,3,7H2,1-2H3,(H,16,19). The molecule has 1 heterocycles. The average molecular weight is 324 g/mol. The van der Waals surface area contributed by atoms with Crippen molar-refractivity contribution in [2.75, 3.05) is 18.4 Å². The Morgan fingerprint density at radius 1 is 1.18 bits per heavy atom. The van der Waals surface area contributed by atoms with E-state index in [1.165, 1.54) is 0 Å². The molecule has 22 heavy (non-hydrogen) atoms. The summed E-state index contributed by atoms with van der Waals surface area (Å²) in [6.45, 7) is 2.86. The second-order valence-corrected chi connectivity index (χ2v) is 5.09. The van der Waals surface area contributed by atoms with E-state index in [-0.39, 0.29) is 6.54 Å². The number of likely N-dealkylation sites (N-methyl/N-ethyl adjacent to an activating group) is 1. The number of carbonyl (C=O) groups excluding carboxylic acids is 4. The van der Waals surface area contributed by atoms with E-state index in [0.717, 1.165) is 4.90 Å². The van der Waals surface area contributed by atoms with E-state index in [2.05, 4.69) is 5.32 Å². The Balaban J connectivity index is 2.09. The van der Waals surface area contributed by atoms with Gasteiger partial charge in [-0.1, -0.05) is 17.7 Å². The van der Waals surface area contributed by atoms with Gasteiger partial charge in [0, 0.05) is 17.3 Å². The molecule has 116 valence electrons. The van der Waals surface area contributed by atoms with Crippen molar-refractivity contribution in [3.63, 3.8) is 0 Å². The van der Waals surface area contributed by atoms with E-state index in [1.54, 1.807) is 32.0 Å². The van der Waals surface area contributed by atoms with Crippen LogP contribution in [0.15, 0.2) is 18.2 Å². The molecule has 0 bridgehead atoms. The van der Waals surface area contributed by atoms with Gasteiger partial charge in [0.1, 0.15) is 6.54 Å². The van der Waals surface area contributed by atoms with Gasteiger partial charge >= 0.3 is 17.8 Å². The van der Waals surface area contributed by atoms with Crippen molar-refractivity contribution in [1.82, 2.24) is 9.80 Å². The number of halogens is 1.